The minimum atomic E-state index is -0.824. The van der Waals surface area contributed by atoms with E-state index in [1.807, 2.05) is 18.2 Å². The fraction of sp³-hybridized carbons (Fsp3) is 0.0625. The van der Waals surface area contributed by atoms with Crippen molar-refractivity contribution in [3.05, 3.63) is 59.1 Å². The predicted octanol–water partition coefficient (Wildman–Crippen LogP) is 4.87. The van der Waals surface area contributed by atoms with Crippen LogP contribution in [0.5, 0.6) is 0 Å². The van der Waals surface area contributed by atoms with E-state index in [1.165, 1.54) is 17.8 Å². The van der Waals surface area contributed by atoms with Gasteiger partial charge in [0, 0.05) is 11.6 Å². The summed E-state index contributed by atoms with van der Waals surface area (Å²) in [6, 6.07) is 10.2. The Hall–Kier alpha value is -2.03. The number of carbonyl (C=O) groups excluding carboxylic acids is 1. The van der Waals surface area contributed by atoms with Gasteiger partial charge < -0.3 is 5.32 Å². The molecule has 0 atom stereocenters. The van der Waals surface area contributed by atoms with Crippen molar-refractivity contribution in [2.75, 3.05) is 11.1 Å². The van der Waals surface area contributed by atoms with Gasteiger partial charge in [-0.3, -0.25) is 4.79 Å². The van der Waals surface area contributed by atoms with Gasteiger partial charge in [0.25, 0.3) is 0 Å². The molecule has 0 aliphatic heterocycles. The van der Waals surface area contributed by atoms with Crippen molar-refractivity contribution in [2.24, 2.45) is 0 Å². The number of halogens is 3. The summed E-state index contributed by atoms with van der Waals surface area (Å²) in [6.07, 6.45) is 0. The van der Waals surface area contributed by atoms with Crippen LogP contribution in [0.2, 0.25) is 5.02 Å². The maximum absolute atomic E-state index is 13.5. The molecule has 0 aliphatic rings. The molecule has 0 spiro atoms. The average molecular weight is 398 g/mol. The van der Waals surface area contributed by atoms with Gasteiger partial charge in [-0.15, -0.1) is 0 Å². The Labute approximate surface area is 155 Å². The van der Waals surface area contributed by atoms with E-state index in [0.29, 0.717) is 26.8 Å². The topological polar surface area (TPSA) is 54.9 Å². The average Bonchev–Trinajstić information content (AvgIpc) is 3.05. The van der Waals surface area contributed by atoms with Crippen LogP contribution in [-0.4, -0.2) is 21.0 Å². The highest BCUT2D eigenvalue weighted by Crippen LogP contribution is 2.29. The summed E-state index contributed by atoms with van der Waals surface area (Å²) in [6.45, 7) is 0. The number of carbonyl (C=O) groups is 1. The third-order valence-electron chi connectivity index (χ3n) is 3.05. The first kappa shape index (κ1) is 17.8. The number of rotatable bonds is 5. The van der Waals surface area contributed by atoms with Crippen LogP contribution in [0.15, 0.2) is 46.8 Å². The fourth-order valence-electron chi connectivity index (χ4n) is 1.92. The van der Waals surface area contributed by atoms with Crippen LogP contribution in [0.4, 0.5) is 14.5 Å². The fourth-order valence-corrected chi connectivity index (χ4v) is 3.55. The Kier molecular flexibility index (Phi) is 5.62. The Balaban J connectivity index is 1.60. The molecule has 1 heterocycles. The molecule has 1 amide bonds. The molecule has 1 N–H and O–H groups in total. The lowest BCUT2D eigenvalue weighted by Crippen LogP contribution is -2.15. The van der Waals surface area contributed by atoms with Crippen LogP contribution >= 0.6 is 34.9 Å². The Morgan fingerprint density at radius 1 is 1.24 bits per heavy atom. The lowest BCUT2D eigenvalue weighted by atomic mass is 10.2. The number of nitrogens with zero attached hydrogens (tertiary/aromatic N) is 2. The molecule has 0 fully saturated rings. The lowest BCUT2D eigenvalue weighted by Gasteiger charge is -2.05. The highest BCUT2D eigenvalue weighted by Gasteiger charge is 2.13. The quantitative estimate of drug-likeness (QED) is 0.624. The van der Waals surface area contributed by atoms with Crippen LogP contribution in [-0.2, 0) is 4.79 Å². The van der Waals surface area contributed by atoms with Crippen molar-refractivity contribution in [3.63, 3.8) is 0 Å². The Morgan fingerprint density at radius 2 is 2.04 bits per heavy atom. The number of amides is 1. The number of hydrogen-bond acceptors (Lipinski definition) is 5. The zero-order chi connectivity index (χ0) is 17.8. The summed E-state index contributed by atoms with van der Waals surface area (Å²) in [5, 5.41) is 2.93. The van der Waals surface area contributed by atoms with Crippen molar-refractivity contribution < 1.29 is 13.6 Å². The highest BCUT2D eigenvalue weighted by molar-refractivity contribution is 8.01. The summed E-state index contributed by atoms with van der Waals surface area (Å²) in [5.41, 5.74) is 0.645. The van der Waals surface area contributed by atoms with E-state index in [2.05, 4.69) is 14.7 Å². The van der Waals surface area contributed by atoms with E-state index in [9.17, 15) is 13.6 Å². The van der Waals surface area contributed by atoms with Crippen molar-refractivity contribution in [3.8, 4) is 11.4 Å². The first-order valence-electron chi connectivity index (χ1n) is 6.99. The molecule has 3 aromatic rings. The zero-order valence-corrected chi connectivity index (χ0v) is 14.9. The summed E-state index contributed by atoms with van der Waals surface area (Å²) in [7, 11) is 0. The van der Waals surface area contributed by atoms with Crippen LogP contribution in [0, 0.1) is 11.6 Å². The molecule has 0 bridgehead atoms. The number of aromatic nitrogens is 2. The van der Waals surface area contributed by atoms with E-state index in [4.69, 9.17) is 11.6 Å². The van der Waals surface area contributed by atoms with Crippen molar-refractivity contribution in [1.29, 1.82) is 0 Å². The second-order valence-corrected chi connectivity index (χ2v) is 7.21. The molecule has 0 aliphatic carbocycles. The van der Waals surface area contributed by atoms with Crippen molar-refractivity contribution in [2.45, 2.75) is 4.34 Å². The van der Waals surface area contributed by atoms with E-state index in [-0.39, 0.29) is 11.4 Å². The molecule has 9 heteroatoms. The van der Waals surface area contributed by atoms with Crippen molar-refractivity contribution in [1.82, 2.24) is 9.36 Å². The first-order valence-corrected chi connectivity index (χ1v) is 9.13. The van der Waals surface area contributed by atoms with E-state index < -0.39 is 17.5 Å². The molecule has 0 saturated heterocycles. The Bertz CT molecular complexity index is 920. The molecule has 25 heavy (non-hydrogen) atoms. The van der Waals surface area contributed by atoms with Crippen LogP contribution in [0.25, 0.3) is 11.4 Å². The first-order chi connectivity index (χ1) is 12.0. The number of thioether (sulfide) groups is 1. The lowest BCUT2D eigenvalue weighted by molar-refractivity contribution is -0.113. The third kappa shape index (κ3) is 4.53. The largest absolute Gasteiger partial charge is 0.323 e. The molecular weight excluding hydrogens is 388 g/mol. The third-order valence-corrected chi connectivity index (χ3v) is 5.22. The number of hydrogen-bond donors (Lipinski definition) is 1. The van der Waals surface area contributed by atoms with Gasteiger partial charge in [0.05, 0.1) is 16.5 Å². The van der Waals surface area contributed by atoms with Crippen LogP contribution in [0.1, 0.15) is 0 Å². The second kappa shape index (κ2) is 7.90. The highest BCUT2D eigenvalue weighted by atomic mass is 35.5. The monoisotopic (exact) mass is 397 g/mol. The summed E-state index contributed by atoms with van der Waals surface area (Å²) in [5.74, 6) is -1.44. The summed E-state index contributed by atoms with van der Waals surface area (Å²) in [4.78, 5) is 16.2. The molecule has 128 valence electrons. The number of anilines is 1. The smallest absolute Gasteiger partial charge is 0.234 e. The van der Waals surface area contributed by atoms with Gasteiger partial charge in [-0.05, 0) is 35.8 Å². The predicted molar refractivity (Wildman–Crippen MR) is 96.1 cm³/mol. The minimum Gasteiger partial charge on any atom is -0.323 e. The minimum absolute atomic E-state index is 0.0218. The molecule has 4 nitrogen and oxygen atoms in total. The molecule has 1 aromatic heterocycles. The normalized spacial score (nSPS) is 10.7. The van der Waals surface area contributed by atoms with Gasteiger partial charge >= 0.3 is 0 Å². The number of benzene rings is 2. The SMILES string of the molecule is O=C(CSc1nc(-c2ccccc2Cl)ns1)Nc1ccc(F)cc1F. The molecule has 2 aromatic carbocycles. The van der Waals surface area contributed by atoms with E-state index in [0.717, 1.165) is 17.6 Å². The van der Waals surface area contributed by atoms with Gasteiger partial charge in [-0.25, -0.2) is 13.8 Å². The zero-order valence-electron chi connectivity index (χ0n) is 12.5. The standard InChI is InChI=1S/C16H10ClF2N3OS2/c17-11-4-2-1-3-10(11)15-21-16(25-22-15)24-8-14(23)20-13-6-5-9(18)7-12(13)19/h1-7H,8H2,(H,20,23). The van der Waals surface area contributed by atoms with Gasteiger partial charge in [0.15, 0.2) is 10.2 Å². The molecule has 0 saturated carbocycles. The molecular formula is C16H10ClF2N3OS2. The maximum atomic E-state index is 13.5. The number of nitrogens with one attached hydrogen (secondary N) is 1. The maximum Gasteiger partial charge on any atom is 0.234 e. The van der Waals surface area contributed by atoms with E-state index >= 15 is 0 Å². The summed E-state index contributed by atoms with van der Waals surface area (Å²) < 4.78 is 31.2. The second-order valence-electron chi connectivity index (χ2n) is 4.82. The van der Waals surface area contributed by atoms with Crippen LogP contribution < -0.4 is 5.32 Å². The Morgan fingerprint density at radius 3 is 2.80 bits per heavy atom. The van der Waals surface area contributed by atoms with Crippen molar-refractivity contribution >= 4 is 46.5 Å². The van der Waals surface area contributed by atoms with Gasteiger partial charge in [0.2, 0.25) is 5.91 Å². The van der Waals surface area contributed by atoms with Gasteiger partial charge in [0.1, 0.15) is 11.6 Å². The molecule has 3 rings (SSSR count). The van der Waals surface area contributed by atoms with E-state index in [1.54, 1.807) is 6.07 Å². The van der Waals surface area contributed by atoms with Gasteiger partial charge in [-0.1, -0.05) is 35.5 Å². The van der Waals surface area contributed by atoms with Crippen LogP contribution in [0.3, 0.4) is 0 Å². The summed E-state index contributed by atoms with van der Waals surface area (Å²) >= 11 is 8.42. The molecule has 0 radical (unpaired) electrons. The van der Waals surface area contributed by atoms with Gasteiger partial charge in [-0.2, -0.15) is 4.37 Å². The molecule has 0 unspecified atom stereocenters.